The van der Waals surface area contributed by atoms with Crippen molar-refractivity contribution in [1.29, 1.82) is 0 Å². The van der Waals surface area contributed by atoms with E-state index >= 15 is 0 Å². The minimum absolute atomic E-state index is 0.0648. The minimum Gasteiger partial charge on any atom is -0.490 e. The molecule has 3 N–H and O–H groups in total. The summed E-state index contributed by atoms with van der Waals surface area (Å²) in [6.07, 6.45) is 4.76. The van der Waals surface area contributed by atoms with Crippen LogP contribution in [0.2, 0.25) is 0 Å². The minimum atomic E-state index is -0.0648. The Bertz CT molecular complexity index is 388. The lowest BCUT2D eigenvalue weighted by atomic mass is 9.80. The fourth-order valence-electron chi connectivity index (χ4n) is 1.98. The standard InChI is InChI=1S/C11H18N4O2/c1-16-8-9(12)14-7-15-10(8)13-6-11(17-2)4-3-5-11/h7H,3-6H2,1-2H3,(H3,12,13,14,15). The SMILES string of the molecule is COc1c(N)ncnc1NCC1(OC)CCC1. The van der Waals surface area contributed by atoms with Gasteiger partial charge in [-0.05, 0) is 19.3 Å². The topological polar surface area (TPSA) is 82.3 Å². The van der Waals surface area contributed by atoms with Gasteiger partial charge in [0.15, 0.2) is 11.6 Å². The summed E-state index contributed by atoms with van der Waals surface area (Å²) in [6.45, 7) is 0.705. The van der Waals surface area contributed by atoms with Gasteiger partial charge in [-0.2, -0.15) is 0 Å². The summed E-state index contributed by atoms with van der Waals surface area (Å²) in [5.74, 6) is 1.44. The molecule has 0 spiro atoms. The van der Waals surface area contributed by atoms with Crippen LogP contribution in [0.5, 0.6) is 5.75 Å². The first kappa shape index (κ1) is 11.9. The van der Waals surface area contributed by atoms with Gasteiger partial charge in [0.1, 0.15) is 6.33 Å². The number of nitrogen functional groups attached to an aromatic ring is 1. The molecule has 17 heavy (non-hydrogen) atoms. The van der Waals surface area contributed by atoms with Crippen LogP contribution >= 0.6 is 0 Å². The highest BCUT2D eigenvalue weighted by molar-refractivity contribution is 5.61. The van der Waals surface area contributed by atoms with E-state index in [0.717, 1.165) is 12.8 Å². The maximum Gasteiger partial charge on any atom is 0.203 e. The van der Waals surface area contributed by atoms with Gasteiger partial charge in [-0.25, -0.2) is 9.97 Å². The summed E-state index contributed by atoms with van der Waals surface area (Å²) >= 11 is 0. The number of anilines is 2. The molecule has 0 aliphatic heterocycles. The molecular formula is C11H18N4O2. The Labute approximate surface area is 101 Å². The summed E-state index contributed by atoms with van der Waals surface area (Å²) < 4.78 is 10.7. The predicted molar refractivity (Wildman–Crippen MR) is 65.1 cm³/mol. The maximum absolute atomic E-state index is 5.70. The Hall–Kier alpha value is -1.56. The fraction of sp³-hybridized carbons (Fsp3) is 0.636. The molecule has 0 atom stereocenters. The predicted octanol–water partition coefficient (Wildman–Crippen LogP) is 1.05. The van der Waals surface area contributed by atoms with E-state index in [4.69, 9.17) is 15.2 Å². The molecule has 1 saturated carbocycles. The van der Waals surface area contributed by atoms with E-state index in [0.29, 0.717) is 23.9 Å². The summed E-state index contributed by atoms with van der Waals surface area (Å²) in [7, 11) is 3.29. The number of nitrogens with zero attached hydrogens (tertiary/aromatic N) is 2. The van der Waals surface area contributed by atoms with Crippen LogP contribution in [0, 0.1) is 0 Å². The largest absolute Gasteiger partial charge is 0.490 e. The van der Waals surface area contributed by atoms with Crippen LogP contribution < -0.4 is 15.8 Å². The number of ether oxygens (including phenoxy) is 2. The number of hydrogen-bond donors (Lipinski definition) is 2. The van der Waals surface area contributed by atoms with Crippen molar-refractivity contribution in [3.05, 3.63) is 6.33 Å². The Morgan fingerprint density at radius 2 is 2.18 bits per heavy atom. The number of aromatic nitrogens is 2. The van der Waals surface area contributed by atoms with E-state index in [-0.39, 0.29) is 5.60 Å². The van der Waals surface area contributed by atoms with Gasteiger partial charge in [-0.3, -0.25) is 0 Å². The van der Waals surface area contributed by atoms with Gasteiger partial charge in [0.25, 0.3) is 0 Å². The van der Waals surface area contributed by atoms with Gasteiger partial charge < -0.3 is 20.5 Å². The molecule has 0 bridgehead atoms. The first-order valence-electron chi connectivity index (χ1n) is 5.64. The average molecular weight is 238 g/mol. The molecule has 0 saturated heterocycles. The summed E-state index contributed by atoms with van der Waals surface area (Å²) in [4.78, 5) is 8.00. The fourth-order valence-corrected chi connectivity index (χ4v) is 1.98. The third kappa shape index (κ3) is 2.26. The molecule has 1 heterocycles. The monoisotopic (exact) mass is 238 g/mol. The molecule has 2 rings (SSSR count). The molecule has 6 nitrogen and oxygen atoms in total. The summed E-state index contributed by atoms with van der Waals surface area (Å²) in [6, 6.07) is 0. The summed E-state index contributed by atoms with van der Waals surface area (Å²) in [5.41, 5.74) is 5.64. The van der Waals surface area contributed by atoms with Crippen LogP contribution in [-0.2, 0) is 4.74 Å². The van der Waals surface area contributed by atoms with Crippen molar-refractivity contribution in [1.82, 2.24) is 9.97 Å². The van der Waals surface area contributed by atoms with E-state index in [1.165, 1.54) is 12.7 Å². The van der Waals surface area contributed by atoms with Gasteiger partial charge in [-0.15, -0.1) is 0 Å². The highest BCUT2D eigenvalue weighted by Crippen LogP contribution is 2.36. The van der Waals surface area contributed by atoms with Crippen molar-refractivity contribution in [3.63, 3.8) is 0 Å². The quantitative estimate of drug-likeness (QED) is 0.797. The zero-order chi connectivity index (χ0) is 12.3. The third-order valence-electron chi connectivity index (χ3n) is 3.31. The molecule has 0 amide bonds. The van der Waals surface area contributed by atoms with Crippen LogP contribution in [0.25, 0.3) is 0 Å². The van der Waals surface area contributed by atoms with E-state index in [1.807, 2.05) is 0 Å². The molecule has 0 unspecified atom stereocenters. The van der Waals surface area contributed by atoms with Crippen LogP contribution in [0.4, 0.5) is 11.6 Å². The van der Waals surface area contributed by atoms with Crippen molar-refractivity contribution < 1.29 is 9.47 Å². The molecule has 1 aliphatic carbocycles. The Morgan fingerprint density at radius 1 is 1.41 bits per heavy atom. The maximum atomic E-state index is 5.70. The number of rotatable bonds is 5. The normalized spacial score (nSPS) is 17.3. The lowest BCUT2D eigenvalue weighted by molar-refractivity contribution is -0.0601. The highest BCUT2D eigenvalue weighted by Gasteiger charge is 2.37. The number of nitrogens with two attached hydrogens (primary N) is 1. The smallest absolute Gasteiger partial charge is 0.203 e. The molecule has 0 radical (unpaired) electrons. The second kappa shape index (κ2) is 4.75. The molecule has 6 heteroatoms. The van der Waals surface area contributed by atoms with Gasteiger partial charge in [-0.1, -0.05) is 0 Å². The molecule has 1 aromatic heterocycles. The van der Waals surface area contributed by atoms with Crippen molar-refractivity contribution in [3.8, 4) is 5.75 Å². The average Bonchev–Trinajstić information content (AvgIpc) is 2.28. The third-order valence-corrected chi connectivity index (χ3v) is 3.31. The number of hydrogen-bond acceptors (Lipinski definition) is 6. The lowest BCUT2D eigenvalue weighted by Gasteiger charge is -2.40. The van der Waals surface area contributed by atoms with Crippen molar-refractivity contribution in [2.75, 3.05) is 31.8 Å². The van der Waals surface area contributed by atoms with E-state index in [2.05, 4.69) is 15.3 Å². The van der Waals surface area contributed by atoms with Crippen LogP contribution in [0.3, 0.4) is 0 Å². The first-order valence-corrected chi connectivity index (χ1v) is 5.64. The molecule has 1 aromatic rings. The molecule has 1 aliphatic rings. The van der Waals surface area contributed by atoms with Crippen LogP contribution in [0.15, 0.2) is 6.33 Å². The molecule has 1 fully saturated rings. The summed E-state index contributed by atoms with van der Waals surface area (Å²) in [5, 5.41) is 3.22. The first-order chi connectivity index (χ1) is 8.21. The zero-order valence-electron chi connectivity index (χ0n) is 10.2. The van der Waals surface area contributed by atoms with Crippen molar-refractivity contribution in [2.45, 2.75) is 24.9 Å². The second-order valence-electron chi connectivity index (χ2n) is 4.24. The van der Waals surface area contributed by atoms with Gasteiger partial charge in [0, 0.05) is 13.7 Å². The molecule has 0 aromatic carbocycles. The van der Waals surface area contributed by atoms with E-state index < -0.39 is 0 Å². The van der Waals surface area contributed by atoms with Crippen LogP contribution in [0.1, 0.15) is 19.3 Å². The van der Waals surface area contributed by atoms with Crippen LogP contribution in [-0.4, -0.2) is 36.3 Å². The number of nitrogens with one attached hydrogen (secondary N) is 1. The molecule has 94 valence electrons. The van der Waals surface area contributed by atoms with Gasteiger partial charge >= 0.3 is 0 Å². The van der Waals surface area contributed by atoms with E-state index in [9.17, 15) is 0 Å². The second-order valence-corrected chi connectivity index (χ2v) is 4.24. The Morgan fingerprint density at radius 3 is 2.71 bits per heavy atom. The van der Waals surface area contributed by atoms with Gasteiger partial charge in [0.05, 0.1) is 12.7 Å². The Balaban J connectivity index is 2.06. The van der Waals surface area contributed by atoms with E-state index in [1.54, 1.807) is 14.2 Å². The lowest BCUT2D eigenvalue weighted by Crippen LogP contribution is -2.45. The molecular weight excluding hydrogens is 220 g/mol. The van der Waals surface area contributed by atoms with Gasteiger partial charge in [0.2, 0.25) is 5.75 Å². The highest BCUT2D eigenvalue weighted by atomic mass is 16.5. The Kier molecular flexibility index (Phi) is 3.33. The van der Waals surface area contributed by atoms with Crippen molar-refractivity contribution >= 4 is 11.6 Å². The van der Waals surface area contributed by atoms with Crippen molar-refractivity contribution in [2.24, 2.45) is 0 Å². The zero-order valence-corrected chi connectivity index (χ0v) is 10.2. The number of methoxy groups -OCH3 is 2.